The van der Waals surface area contributed by atoms with E-state index in [0.29, 0.717) is 19.8 Å². The summed E-state index contributed by atoms with van der Waals surface area (Å²) >= 11 is 1.68. The number of fused-ring (bicyclic) bond motifs is 1. The van der Waals surface area contributed by atoms with Crippen molar-refractivity contribution in [3.8, 4) is 11.3 Å². The summed E-state index contributed by atoms with van der Waals surface area (Å²) in [7, 11) is 0. The number of ether oxygens (including phenoxy) is 2. The van der Waals surface area contributed by atoms with Crippen LogP contribution in [0.4, 0.5) is 0 Å². The molecule has 0 radical (unpaired) electrons. The fourth-order valence-electron chi connectivity index (χ4n) is 2.68. The summed E-state index contributed by atoms with van der Waals surface area (Å²) in [4.78, 5) is 4.84. The molecule has 5 heteroatoms. The number of aryl methyl sites for hydroxylation is 1. The molecule has 118 valence electrons. The highest BCUT2D eigenvalue weighted by atomic mass is 32.2. The lowest BCUT2D eigenvalue weighted by molar-refractivity contribution is -0.0498. The largest absolute Gasteiger partial charge is 0.375 e. The first kappa shape index (κ1) is 14.8. The van der Waals surface area contributed by atoms with Gasteiger partial charge in [-0.2, -0.15) is 0 Å². The van der Waals surface area contributed by atoms with Gasteiger partial charge in [-0.3, -0.25) is 4.40 Å². The molecule has 3 heterocycles. The van der Waals surface area contributed by atoms with Crippen molar-refractivity contribution in [1.29, 1.82) is 0 Å². The highest BCUT2D eigenvalue weighted by Gasteiger charge is 2.22. The molecule has 0 N–H and O–H groups in total. The predicted octanol–water partition coefficient (Wildman–Crippen LogP) is 3.77. The molecule has 1 atom stereocenters. The molecule has 0 bridgehead atoms. The molecule has 1 unspecified atom stereocenters. The molecule has 1 fully saturated rings. The fraction of sp³-hybridized carbons (Fsp3) is 0.278. The average Bonchev–Trinajstić information content (AvgIpc) is 2.95. The van der Waals surface area contributed by atoms with Crippen LogP contribution < -0.4 is 0 Å². The normalized spacial score (nSPS) is 18.4. The molecule has 0 amide bonds. The summed E-state index contributed by atoms with van der Waals surface area (Å²) in [5, 5.41) is 1.10. The van der Waals surface area contributed by atoms with Crippen LogP contribution in [0.5, 0.6) is 0 Å². The van der Waals surface area contributed by atoms with Gasteiger partial charge in [-0.25, -0.2) is 4.98 Å². The SMILES string of the molecule is Cc1ccc2nc(-c3ccccc3)c(SC3COCCO3)n2c1. The Kier molecular flexibility index (Phi) is 4.08. The zero-order valence-electron chi connectivity index (χ0n) is 12.9. The van der Waals surface area contributed by atoms with Crippen LogP contribution in [-0.2, 0) is 9.47 Å². The van der Waals surface area contributed by atoms with E-state index in [1.54, 1.807) is 11.8 Å². The van der Waals surface area contributed by atoms with Crippen molar-refractivity contribution in [2.24, 2.45) is 0 Å². The summed E-state index contributed by atoms with van der Waals surface area (Å²) in [6.07, 6.45) is 2.13. The third-order valence-corrected chi connectivity index (χ3v) is 4.95. The zero-order chi connectivity index (χ0) is 15.6. The number of aromatic nitrogens is 2. The van der Waals surface area contributed by atoms with E-state index in [1.165, 1.54) is 5.56 Å². The second-order valence-electron chi connectivity index (χ2n) is 5.56. The van der Waals surface area contributed by atoms with Crippen molar-refractivity contribution in [3.63, 3.8) is 0 Å². The first-order valence-corrected chi connectivity index (χ1v) is 8.59. The fourth-order valence-corrected chi connectivity index (χ4v) is 3.80. The third-order valence-electron chi connectivity index (χ3n) is 3.80. The molecule has 4 nitrogen and oxygen atoms in total. The number of imidazole rings is 1. The van der Waals surface area contributed by atoms with Crippen LogP contribution in [-0.4, -0.2) is 34.6 Å². The van der Waals surface area contributed by atoms with Crippen molar-refractivity contribution in [2.45, 2.75) is 17.4 Å². The number of benzene rings is 1. The second-order valence-corrected chi connectivity index (χ2v) is 6.71. The summed E-state index contributed by atoms with van der Waals surface area (Å²) < 4.78 is 13.5. The molecule has 1 aliphatic heterocycles. The third kappa shape index (κ3) is 3.00. The Morgan fingerprint density at radius 1 is 1.13 bits per heavy atom. The van der Waals surface area contributed by atoms with E-state index in [2.05, 4.69) is 41.8 Å². The van der Waals surface area contributed by atoms with Gasteiger partial charge in [-0.15, -0.1) is 0 Å². The molecule has 0 saturated carbocycles. The maximum absolute atomic E-state index is 5.82. The van der Waals surface area contributed by atoms with E-state index in [1.807, 2.05) is 18.2 Å². The van der Waals surface area contributed by atoms with Gasteiger partial charge in [0.25, 0.3) is 0 Å². The number of rotatable bonds is 3. The van der Waals surface area contributed by atoms with Gasteiger partial charge < -0.3 is 9.47 Å². The van der Waals surface area contributed by atoms with Gasteiger partial charge in [-0.1, -0.05) is 48.2 Å². The van der Waals surface area contributed by atoms with Crippen LogP contribution in [0.15, 0.2) is 53.7 Å². The van der Waals surface area contributed by atoms with Gasteiger partial charge in [0.2, 0.25) is 0 Å². The molecular formula is C18H18N2O2S. The van der Waals surface area contributed by atoms with Crippen LogP contribution in [0, 0.1) is 6.92 Å². The lowest BCUT2D eigenvalue weighted by Gasteiger charge is -2.22. The Morgan fingerprint density at radius 3 is 2.78 bits per heavy atom. The van der Waals surface area contributed by atoms with Gasteiger partial charge >= 0.3 is 0 Å². The molecule has 23 heavy (non-hydrogen) atoms. The van der Waals surface area contributed by atoms with E-state index >= 15 is 0 Å². The maximum Gasteiger partial charge on any atom is 0.138 e. The summed E-state index contributed by atoms with van der Waals surface area (Å²) in [5.74, 6) is 0. The highest BCUT2D eigenvalue weighted by molar-refractivity contribution is 7.99. The Labute approximate surface area is 139 Å². The minimum Gasteiger partial charge on any atom is -0.375 e. The van der Waals surface area contributed by atoms with Crippen molar-refractivity contribution >= 4 is 17.4 Å². The van der Waals surface area contributed by atoms with Crippen LogP contribution in [0.1, 0.15) is 5.56 Å². The average molecular weight is 326 g/mol. The van der Waals surface area contributed by atoms with E-state index in [0.717, 1.165) is 21.9 Å². The van der Waals surface area contributed by atoms with Gasteiger partial charge in [-0.05, 0) is 18.6 Å². The minimum absolute atomic E-state index is 0.00613. The van der Waals surface area contributed by atoms with E-state index < -0.39 is 0 Å². The van der Waals surface area contributed by atoms with Crippen LogP contribution in [0.25, 0.3) is 16.9 Å². The van der Waals surface area contributed by atoms with Crippen molar-refractivity contribution in [3.05, 3.63) is 54.2 Å². The Hall–Kier alpha value is -1.82. The number of nitrogens with zero attached hydrogens (tertiary/aromatic N) is 2. The van der Waals surface area contributed by atoms with Crippen molar-refractivity contribution in [2.75, 3.05) is 19.8 Å². The molecule has 1 aliphatic rings. The number of pyridine rings is 1. The molecule has 1 saturated heterocycles. The monoisotopic (exact) mass is 326 g/mol. The molecular weight excluding hydrogens is 308 g/mol. The minimum atomic E-state index is 0.00613. The number of hydrogen-bond acceptors (Lipinski definition) is 4. The lowest BCUT2D eigenvalue weighted by Crippen LogP contribution is -2.25. The Bertz CT molecular complexity index is 811. The molecule has 3 aromatic rings. The highest BCUT2D eigenvalue weighted by Crippen LogP contribution is 2.35. The second kappa shape index (κ2) is 6.35. The summed E-state index contributed by atoms with van der Waals surface area (Å²) in [6.45, 7) is 4.03. The lowest BCUT2D eigenvalue weighted by atomic mass is 10.2. The first-order valence-electron chi connectivity index (χ1n) is 7.71. The molecule has 1 aromatic carbocycles. The number of thioether (sulfide) groups is 1. The maximum atomic E-state index is 5.82. The molecule has 0 spiro atoms. The summed E-state index contributed by atoms with van der Waals surface area (Å²) in [6, 6.07) is 14.4. The quantitative estimate of drug-likeness (QED) is 0.734. The standard InChI is InChI=1S/C18H18N2O2S/c1-13-7-8-15-19-17(14-5-3-2-4-6-14)18(20(15)11-13)23-16-12-21-9-10-22-16/h2-8,11,16H,9-10,12H2,1H3. The van der Waals surface area contributed by atoms with Gasteiger partial charge in [0, 0.05) is 11.8 Å². The van der Waals surface area contributed by atoms with E-state index in [4.69, 9.17) is 14.5 Å². The van der Waals surface area contributed by atoms with Crippen molar-refractivity contribution in [1.82, 2.24) is 9.38 Å². The van der Waals surface area contributed by atoms with E-state index in [-0.39, 0.29) is 5.44 Å². The van der Waals surface area contributed by atoms with Crippen LogP contribution in [0.3, 0.4) is 0 Å². The van der Waals surface area contributed by atoms with Gasteiger partial charge in [0.15, 0.2) is 0 Å². The van der Waals surface area contributed by atoms with Gasteiger partial charge in [0.1, 0.15) is 21.8 Å². The molecule has 2 aromatic heterocycles. The number of hydrogen-bond donors (Lipinski definition) is 0. The topological polar surface area (TPSA) is 35.8 Å². The molecule has 4 rings (SSSR count). The van der Waals surface area contributed by atoms with Gasteiger partial charge in [0.05, 0.1) is 19.8 Å². The van der Waals surface area contributed by atoms with E-state index in [9.17, 15) is 0 Å². The Balaban J connectivity index is 1.82. The van der Waals surface area contributed by atoms with Crippen LogP contribution >= 0.6 is 11.8 Å². The Morgan fingerprint density at radius 2 is 2.00 bits per heavy atom. The summed E-state index contributed by atoms with van der Waals surface area (Å²) in [5.41, 5.74) is 4.28. The van der Waals surface area contributed by atoms with Crippen LogP contribution in [0.2, 0.25) is 0 Å². The predicted molar refractivity (Wildman–Crippen MR) is 91.8 cm³/mol. The zero-order valence-corrected chi connectivity index (χ0v) is 13.8. The smallest absolute Gasteiger partial charge is 0.138 e. The molecule has 0 aliphatic carbocycles. The first-order chi connectivity index (χ1) is 11.3. The van der Waals surface area contributed by atoms with Crippen molar-refractivity contribution < 1.29 is 9.47 Å².